The molecule has 2 aromatic carbocycles. The van der Waals surface area contributed by atoms with Gasteiger partial charge < -0.3 is 4.74 Å². The molecule has 0 heterocycles. The van der Waals surface area contributed by atoms with Gasteiger partial charge in [-0.1, -0.05) is 42.0 Å². The van der Waals surface area contributed by atoms with Gasteiger partial charge in [-0.25, -0.2) is 0 Å². The molecule has 0 saturated carbocycles. The molecular weight excluding hydrogens is 244 g/mol. The van der Waals surface area contributed by atoms with Crippen LogP contribution in [-0.2, 0) is 6.42 Å². The first-order chi connectivity index (χ1) is 8.69. The molecule has 18 heavy (non-hydrogen) atoms. The molecule has 0 saturated heterocycles. The SMILES string of the molecule is COc1cccc(CC(Cl)c2cccc(C)c2)c1. The molecule has 0 aliphatic carbocycles. The second kappa shape index (κ2) is 5.92. The van der Waals surface area contributed by atoms with Crippen LogP contribution in [0.5, 0.6) is 5.75 Å². The van der Waals surface area contributed by atoms with E-state index in [-0.39, 0.29) is 5.38 Å². The van der Waals surface area contributed by atoms with E-state index in [1.54, 1.807) is 7.11 Å². The van der Waals surface area contributed by atoms with Gasteiger partial charge in [0.15, 0.2) is 0 Å². The van der Waals surface area contributed by atoms with Gasteiger partial charge in [0.05, 0.1) is 12.5 Å². The summed E-state index contributed by atoms with van der Waals surface area (Å²) in [5.41, 5.74) is 3.60. The highest BCUT2D eigenvalue weighted by molar-refractivity contribution is 6.20. The third kappa shape index (κ3) is 3.27. The van der Waals surface area contributed by atoms with Crippen molar-refractivity contribution < 1.29 is 4.74 Å². The fourth-order valence-corrected chi connectivity index (χ4v) is 2.30. The molecule has 2 aromatic rings. The Morgan fingerprint density at radius 1 is 1.11 bits per heavy atom. The number of alkyl halides is 1. The van der Waals surface area contributed by atoms with Crippen LogP contribution in [0.15, 0.2) is 48.5 Å². The first-order valence-corrected chi connectivity index (χ1v) is 6.46. The lowest BCUT2D eigenvalue weighted by Gasteiger charge is -2.11. The Morgan fingerprint density at radius 3 is 2.61 bits per heavy atom. The molecule has 2 heteroatoms. The van der Waals surface area contributed by atoms with Crippen LogP contribution in [0.1, 0.15) is 22.1 Å². The van der Waals surface area contributed by atoms with E-state index in [1.165, 1.54) is 16.7 Å². The maximum absolute atomic E-state index is 6.47. The van der Waals surface area contributed by atoms with Gasteiger partial charge in [-0.3, -0.25) is 0 Å². The number of halogens is 1. The molecule has 94 valence electrons. The Morgan fingerprint density at radius 2 is 1.89 bits per heavy atom. The molecule has 0 N–H and O–H groups in total. The zero-order valence-electron chi connectivity index (χ0n) is 10.7. The van der Waals surface area contributed by atoms with E-state index in [2.05, 4.69) is 31.2 Å². The third-order valence-electron chi connectivity index (χ3n) is 2.95. The smallest absolute Gasteiger partial charge is 0.119 e. The lowest BCUT2D eigenvalue weighted by molar-refractivity contribution is 0.414. The van der Waals surface area contributed by atoms with E-state index >= 15 is 0 Å². The predicted molar refractivity (Wildman–Crippen MR) is 76.5 cm³/mol. The summed E-state index contributed by atoms with van der Waals surface area (Å²) in [5, 5.41) is -0.00277. The van der Waals surface area contributed by atoms with Crippen molar-refractivity contribution in [2.75, 3.05) is 7.11 Å². The third-order valence-corrected chi connectivity index (χ3v) is 3.36. The minimum absolute atomic E-state index is 0.00277. The zero-order valence-corrected chi connectivity index (χ0v) is 11.4. The lowest BCUT2D eigenvalue weighted by atomic mass is 10.0. The van der Waals surface area contributed by atoms with E-state index in [9.17, 15) is 0 Å². The van der Waals surface area contributed by atoms with Crippen LogP contribution in [0.3, 0.4) is 0 Å². The van der Waals surface area contributed by atoms with Crippen molar-refractivity contribution in [2.45, 2.75) is 18.7 Å². The van der Waals surface area contributed by atoms with Gasteiger partial charge in [-0.15, -0.1) is 11.6 Å². The Labute approximate surface area is 113 Å². The monoisotopic (exact) mass is 260 g/mol. The first-order valence-electron chi connectivity index (χ1n) is 6.02. The summed E-state index contributed by atoms with van der Waals surface area (Å²) in [7, 11) is 1.68. The Bertz CT molecular complexity index is 522. The van der Waals surface area contributed by atoms with Crippen LogP contribution in [0.2, 0.25) is 0 Å². The van der Waals surface area contributed by atoms with Crippen LogP contribution in [0.4, 0.5) is 0 Å². The highest BCUT2D eigenvalue weighted by atomic mass is 35.5. The zero-order chi connectivity index (χ0) is 13.0. The summed E-state index contributed by atoms with van der Waals surface area (Å²) < 4.78 is 5.22. The number of benzene rings is 2. The molecule has 0 aromatic heterocycles. The van der Waals surface area contributed by atoms with Crippen LogP contribution in [-0.4, -0.2) is 7.11 Å². The summed E-state index contributed by atoms with van der Waals surface area (Å²) >= 11 is 6.47. The summed E-state index contributed by atoms with van der Waals surface area (Å²) in [4.78, 5) is 0. The fourth-order valence-electron chi connectivity index (χ4n) is 1.99. The van der Waals surface area contributed by atoms with Crippen molar-refractivity contribution in [1.82, 2.24) is 0 Å². The number of aryl methyl sites for hydroxylation is 1. The molecule has 0 spiro atoms. The Balaban J connectivity index is 2.13. The molecule has 0 radical (unpaired) electrons. The maximum atomic E-state index is 6.47. The van der Waals surface area contributed by atoms with Crippen LogP contribution >= 0.6 is 11.6 Å². The van der Waals surface area contributed by atoms with E-state index < -0.39 is 0 Å². The maximum Gasteiger partial charge on any atom is 0.119 e. The second-order valence-electron chi connectivity index (χ2n) is 4.44. The van der Waals surface area contributed by atoms with Gasteiger partial charge in [0.2, 0.25) is 0 Å². The number of methoxy groups -OCH3 is 1. The molecule has 0 fully saturated rings. The number of rotatable bonds is 4. The minimum Gasteiger partial charge on any atom is -0.497 e. The first kappa shape index (κ1) is 13.0. The molecule has 0 bridgehead atoms. The van der Waals surface area contributed by atoms with Crippen LogP contribution in [0.25, 0.3) is 0 Å². The molecule has 0 aliphatic heterocycles. The van der Waals surface area contributed by atoms with Crippen molar-refractivity contribution in [3.63, 3.8) is 0 Å². The molecular formula is C16H17ClO. The molecule has 2 rings (SSSR count). The van der Waals surface area contributed by atoms with Gasteiger partial charge in [0.25, 0.3) is 0 Å². The van der Waals surface area contributed by atoms with E-state index in [1.807, 2.05) is 24.3 Å². The van der Waals surface area contributed by atoms with Crippen LogP contribution < -0.4 is 4.74 Å². The quantitative estimate of drug-likeness (QED) is 0.734. The van der Waals surface area contributed by atoms with Gasteiger partial charge in [0.1, 0.15) is 5.75 Å². The fraction of sp³-hybridized carbons (Fsp3) is 0.250. The summed E-state index contributed by atoms with van der Waals surface area (Å²) in [6.07, 6.45) is 0.808. The number of hydrogen-bond donors (Lipinski definition) is 0. The van der Waals surface area contributed by atoms with Gasteiger partial charge >= 0.3 is 0 Å². The largest absolute Gasteiger partial charge is 0.497 e. The highest BCUT2D eigenvalue weighted by Gasteiger charge is 2.09. The topological polar surface area (TPSA) is 9.23 Å². The predicted octanol–water partition coefficient (Wildman–Crippen LogP) is 4.53. The normalized spacial score (nSPS) is 12.2. The molecule has 1 atom stereocenters. The van der Waals surface area contributed by atoms with Gasteiger partial charge in [0, 0.05) is 0 Å². The summed E-state index contributed by atoms with van der Waals surface area (Å²) in [5.74, 6) is 0.876. The van der Waals surface area contributed by atoms with E-state index in [4.69, 9.17) is 16.3 Å². The second-order valence-corrected chi connectivity index (χ2v) is 4.96. The van der Waals surface area contributed by atoms with Gasteiger partial charge in [-0.2, -0.15) is 0 Å². The molecule has 0 amide bonds. The van der Waals surface area contributed by atoms with E-state index in [0.717, 1.165) is 12.2 Å². The Hall–Kier alpha value is -1.47. The lowest BCUT2D eigenvalue weighted by Crippen LogP contribution is -1.96. The van der Waals surface area contributed by atoms with Crippen molar-refractivity contribution in [1.29, 1.82) is 0 Å². The molecule has 1 unspecified atom stereocenters. The van der Waals surface area contributed by atoms with Crippen molar-refractivity contribution in [3.05, 3.63) is 65.2 Å². The minimum atomic E-state index is -0.00277. The van der Waals surface area contributed by atoms with Crippen molar-refractivity contribution in [2.24, 2.45) is 0 Å². The van der Waals surface area contributed by atoms with Crippen molar-refractivity contribution >= 4 is 11.6 Å². The standard InChI is InChI=1S/C16H17ClO/c1-12-5-3-7-14(9-12)16(17)11-13-6-4-8-15(10-13)18-2/h3-10,16H,11H2,1-2H3. The molecule has 1 nitrogen and oxygen atoms in total. The number of ether oxygens (including phenoxy) is 1. The van der Waals surface area contributed by atoms with Crippen LogP contribution in [0, 0.1) is 6.92 Å². The molecule has 0 aliphatic rings. The summed E-state index contributed by atoms with van der Waals surface area (Å²) in [6.45, 7) is 2.08. The highest BCUT2D eigenvalue weighted by Crippen LogP contribution is 2.26. The Kier molecular flexibility index (Phi) is 4.27. The average Bonchev–Trinajstić information content (AvgIpc) is 2.39. The summed E-state index contributed by atoms with van der Waals surface area (Å²) in [6, 6.07) is 16.4. The van der Waals surface area contributed by atoms with Gasteiger partial charge in [-0.05, 0) is 36.6 Å². The van der Waals surface area contributed by atoms with E-state index in [0.29, 0.717) is 0 Å². The average molecular weight is 261 g/mol. The van der Waals surface area contributed by atoms with Crippen molar-refractivity contribution in [3.8, 4) is 5.75 Å². The number of hydrogen-bond acceptors (Lipinski definition) is 1.